The Balaban J connectivity index is 1.05. The monoisotopic (exact) mass is 873 g/mol. The Bertz CT molecular complexity index is 3680. The molecule has 0 spiro atoms. The van der Waals surface area contributed by atoms with E-state index in [4.69, 9.17) is 19.4 Å². The molecule has 0 saturated carbocycles. The van der Waals surface area contributed by atoms with Crippen molar-refractivity contribution in [3.63, 3.8) is 0 Å². The Hall–Kier alpha value is -8.51. The number of thiophene rings is 1. The molecular formula is C62H39N3OS. The van der Waals surface area contributed by atoms with Crippen LogP contribution in [0, 0.1) is 0 Å². The maximum absolute atomic E-state index is 6.63. The normalized spacial score (nSPS) is 12.6. The van der Waals surface area contributed by atoms with Gasteiger partial charge in [0, 0.05) is 42.8 Å². The Morgan fingerprint density at radius 1 is 0.358 bits per heavy atom. The number of aromatic nitrogens is 3. The standard InChI is InChI=1S/C62H39N3OS/c1-7-20-40(21-8-1)57-55-48-36-34-45(39-51(48)62(46-28-15-5-16-29-46,47-30-17-6-18-31-47)56(55)58(67-57)41-22-9-2-10-23-41)44-35-37-52-50(38-44)54-49(32-19-33-53(54)66-52)61-64-59(42-24-11-3-12-25-42)63-60(65-61)43-26-13-4-14-27-43/h1-39H. The minimum Gasteiger partial charge on any atom is -0.456 e. The summed E-state index contributed by atoms with van der Waals surface area (Å²) in [6, 6.07) is 84.2. The molecule has 0 atom stereocenters. The minimum atomic E-state index is -0.622. The Morgan fingerprint density at radius 3 is 1.43 bits per heavy atom. The van der Waals surface area contributed by atoms with E-state index in [0.29, 0.717) is 17.5 Å². The summed E-state index contributed by atoms with van der Waals surface area (Å²) in [6.45, 7) is 0. The van der Waals surface area contributed by atoms with Crippen LogP contribution in [0.4, 0.5) is 0 Å². The molecule has 12 aromatic rings. The van der Waals surface area contributed by atoms with Crippen LogP contribution < -0.4 is 0 Å². The Kier molecular flexibility index (Phi) is 9.22. The molecule has 0 aliphatic heterocycles. The lowest BCUT2D eigenvalue weighted by Gasteiger charge is -2.34. The van der Waals surface area contributed by atoms with Gasteiger partial charge in [0.2, 0.25) is 0 Å². The largest absolute Gasteiger partial charge is 0.456 e. The summed E-state index contributed by atoms with van der Waals surface area (Å²) in [5.41, 5.74) is 16.0. The topological polar surface area (TPSA) is 51.8 Å². The third-order valence-electron chi connectivity index (χ3n) is 13.2. The van der Waals surface area contributed by atoms with E-state index >= 15 is 0 Å². The second-order valence-electron chi connectivity index (χ2n) is 17.0. The lowest BCUT2D eigenvalue weighted by Crippen LogP contribution is -2.28. The van der Waals surface area contributed by atoms with Crippen molar-refractivity contribution in [1.29, 1.82) is 0 Å². The van der Waals surface area contributed by atoms with Crippen LogP contribution >= 0.6 is 11.3 Å². The maximum Gasteiger partial charge on any atom is 0.164 e. The van der Waals surface area contributed by atoms with Gasteiger partial charge < -0.3 is 4.42 Å². The summed E-state index contributed by atoms with van der Waals surface area (Å²) in [7, 11) is 0. The summed E-state index contributed by atoms with van der Waals surface area (Å²) in [5, 5.41) is 1.97. The van der Waals surface area contributed by atoms with Gasteiger partial charge in [0.15, 0.2) is 17.5 Å². The fraction of sp³-hybridized carbons (Fsp3) is 0.0161. The lowest BCUT2D eigenvalue weighted by molar-refractivity contribution is 0.669. The highest BCUT2D eigenvalue weighted by Crippen LogP contribution is 2.64. The summed E-state index contributed by atoms with van der Waals surface area (Å²) < 4.78 is 6.63. The van der Waals surface area contributed by atoms with Gasteiger partial charge >= 0.3 is 0 Å². The van der Waals surface area contributed by atoms with E-state index in [2.05, 4.69) is 164 Å². The van der Waals surface area contributed by atoms with Crippen molar-refractivity contribution in [2.24, 2.45) is 0 Å². The molecule has 0 unspecified atom stereocenters. The number of furan rings is 1. The summed E-state index contributed by atoms with van der Waals surface area (Å²) in [6.07, 6.45) is 0. The molecule has 9 aromatic carbocycles. The average Bonchev–Trinajstić information content (AvgIpc) is 4.09. The van der Waals surface area contributed by atoms with Crippen molar-refractivity contribution in [2.75, 3.05) is 0 Å². The van der Waals surface area contributed by atoms with Crippen LogP contribution in [0.3, 0.4) is 0 Å². The second-order valence-corrected chi connectivity index (χ2v) is 18.0. The zero-order valence-electron chi connectivity index (χ0n) is 36.2. The number of nitrogens with zero attached hydrogens (tertiary/aromatic N) is 3. The van der Waals surface area contributed by atoms with Crippen molar-refractivity contribution in [3.8, 4) is 77.3 Å². The zero-order chi connectivity index (χ0) is 44.3. The molecule has 67 heavy (non-hydrogen) atoms. The molecule has 1 aliphatic carbocycles. The third-order valence-corrected chi connectivity index (χ3v) is 14.5. The molecule has 314 valence electrons. The smallest absolute Gasteiger partial charge is 0.164 e. The average molecular weight is 874 g/mol. The number of hydrogen-bond acceptors (Lipinski definition) is 5. The first-order valence-electron chi connectivity index (χ1n) is 22.6. The fourth-order valence-corrected chi connectivity index (χ4v) is 11.7. The van der Waals surface area contributed by atoms with Gasteiger partial charge in [-0.1, -0.05) is 212 Å². The maximum atomic E-state index is 6.63. The van der Waals surface area contributed by atoms with Gasteiger partial charge in [0.25, 0.3) is 0 Å². The number of benzene rings is 9. The van der Waals surface area contributed by atoms with E-state index in [0.717, 1.165) is 49.8 Å². The number of rotatable bonds is 8. The van der Waals surface area contributed by atoms with Crippen LogP contribution in [0.15, 0.2) is 241 Å². The SMILES string of the molecule is c1ccc(-c2nc(-c3ccccc3)nc(-c3cccc4oc5ccc(-c6ccc7c(c6)C(c6ccccc6)(c6ccccc6)c6c(-c8ccccc8)sc(-c8ccccc8)c6-7)cc5c34)n2)cc1. The van der Waals surface area contributed by atoms with E-state index in [-0.39, 0.29) is 0 Å². The van der Waals surface area contributed by atoms with Crippen molar-refractivity contribution < 1.29 is 4.42 Å². The highest BCUT2D eigenvalue weighted by atomic mass is 32.1. The fourth-order valence-electron chi connectivity index (χ4n) is 10.3. The van der Waals surface area contributed by atoms with Gasteiger partial charge in [0.05, 0.1) is 5.41 Å². The molecule has 0 bridgehead atoms. The van der Waals surface area contributed by atoms with Crippen LogP contribution in [0.25, 0.3) is 99.2 Å². The molecule has 3 heterocycles. The van der Waals surface area contributed by atoms with Gasteiger partial charge in [-0.05, 0) is 74.3 Å². The van der Waals surface area contributed by atoms with Crippen molar-refractivity contribution in [3.05, 3.63) is 259 Å². The summed E-state index contributed by atoms with van der Waals surface area (Å²) in [5.74, 6) is 1.83. The van der Waals surface area contributed by atoms with Gasteiger partial charge in [-0.15, -0.1) is 11.3 Å². The molecular weight excluding hydrogens is 835 g/mol. The van der Waals surface area contributed by atoms with E-state index < -0.39 is 5.41 Å². The zero-order valence-corrected chi connectivity index (χ0v) is 37.0. The van der Waals surface area contributed by atoms with Crippen LogP contribution in [-0.2, 0) is 5.41 Å². The molecule has 0 fully saturated rings. The van der Waals surface area contributed by atoms with Crippen LogP contribution in [0.5, 0.6) is 0 Å². The predicted octanol–water partition coefficient (Wildman–Crippen LogP) is 16.2. The van der Waals surface area contributed by atoms with E-state index in [9.17, 15) is 0 Å². The molecule has 13 rings (SSSR count). The van der Waals surface area contributed by atoms with Crippen molar-refractivity contribution in [1.82, 2.24) is 15.0 Å². The summed E-state index contributed by atoms with van der Waals surface area (Å²) >= 11 is 1.90. The first-order chi connectivity index (χ1) is 33.2. The predicted molar refractivity (Wildman–Crippen MR) is 275 cm³/mol. The third kappa shape index (κ3) is 6.31. The molecule has 0 saturated heterocycles. The highest BCUT2D eigenvalue weighted by Gasteiger charge is 2.50. The first kappa shape index (κ1) is 38.9. The number of hydrogen-bond donors (Lipinski definition) is 0. The molecule has 3 aromatic heterocycles. The second kappa shape index (κ2) is 15.9. The quantitative estimate of drug-likeness (QED) is 0.153. The first-order valence-corrected chi connectivity index (χ1v) is 23.4. The molecule has 0 amide bonds. The van der Waals surface area contributed by atoms with Gasteiger partial charge in [-0.2, -0.15) is 0 Å². The van der Waals surface area contributed by atoms with E-state index in [1.807, 2.05) is 84.1 Å². The summed E-state index contributed by atoms with van der Waals surface area (Å²) in [4.78, 5) is 17.8. The van der Waals surface area contributed by atoms with Crippen molar-refractivity contribution >= 4 is 33.3 Å². The highest BCUT2D eigenvalue weighted by molar-refractivity contribution is 7.19. The Morgan fingerprint density at radius 2 is 0.851 bits per heavy atom. The number of fused-ring (bicyclic) bond motifs is 6. The van der Waals surface area contributed by atoms with Gasteiger partial charge in [-0.3, -0.25) is 0 Å². The Labute approximate surface area is 392 Å². The van der Waals surface area contributed by atoms with Crippen LogP contribution in [-0.4, -0.2) is 15.0 Å². The molecule has 0 N–H and O–H groups in total. The van der Waals surface area contributed by atoms with Crippen LogP contribution in [0.1, 0.15) is 22.3 Å². The van der Waals surface area contributed by atoms with Gasteiger partial charge in [-0.25, -0.2) is 15.0 Å². The van der Waals surface area contributed by atoms with Crippen molar-refractivity contribution in [2.45, 2.75) is 5.41 Å². The lowest BCUT2D eigenvalue weighted by atomic mass is 9.67. The molecule has 4 nitrogen and oxygen atoms in total. The van der Waals surface area contributed by atoms with E-state index in [1.54, 1.807) is 0 Å². The van der Waals surface area contributed by atoms with Crippen LogP contribution in [0.2, 0.25) is 0 Å². The molecule has 5 heteroatoms. The van der Waals surface area contributed by atoms with Gasteiger partial charge in [0.1, 0.15) is 11.2 Å². The molecule has 0 radical (unpaired) electrons. The van der Waals surface area contributed by atoms with E-state index in [1.165, 1.54) is 54.3 Å². The minimum absolute atomic E-state index is 0.592. The molecule has 1 aliphatic rings.